The van der Waals surface area contributed by atoms with Crippen molar-refractivity contribution < 1.29 is 0 Å². The molecular formula is C18H26N6. The van der Waals surface area contributed by atoms with E-state index in [1.807, 2.05) is 30.2 Å². The molecule has 0 aromatic carbocycles. The van der Waals surface area contributed by atoms with Gasteiger partial charge >= 0.3 is 0 Å². The number of nitrogens with zero attached hydrogens (tertiary/aromatic N) is 6. The van der Waals surface area contributed by atoms with Gasteiger partial charge in [0.1, 0.15) is 0 Å². The number of rotatable bonds is 3. The van der Waals surface area contributed by atoms with Gasteiger partial charge in [-0.05, 0) is 44.7 Å². The van der Waals surface area contributed by atoms with Gasteiger partial charge in [-0.2, -0.15) is 5.10 Å². The van der Waals surface area contributed by atoms with Crippen LogP contribution in [0, 0.1) is 6.92 Å². The quantitative estimate of drug-likeness (QED) is 0.865. The third kappa shape index (κ3) is 2.79. The van der Waals surface area contributed by atoms with Gasteiger partial charge in [-0.25, -0.2) is 9.97 Å². The largest absolute Gasteiger partial charge is 0.335 e. The number of anilines is 1. The fourth-order valence-corrected chi connectivity index (χ4v) is 4.27. The summed E-state index contributed by atoms with van der Waals surface area (Å²) >= 11 is 0. The lowest BCUT2D eigenvalue weighted by Crippen LogP contribution is -2.52. The molecule has 2 aromatic heterocycles. The van der Waals surface area contributed by atoms with Crippen LogP contribution in [-0.2, 0) is 13.6 Å². The molecule has 128 valence electrons. The van der Waals surface area contributed by atoms with Crippen LogP contribution in [0.25, 0.3) is 0 Å². The number of piperidine rings is 1. The minimum Gasteiger partial charge on any atom is -0.335 e. The molecule has 0 unspecified atom stereocenters. The Morgan fingerprint density at radius 3 is 2.50 bits per heavy atom. The molecule has 4 rings (SSSR count). The molecule has 4 heterocycles. The summed E-state index contributed by atoms with van der Waals surface area (Å²) in [7, 11) is 2.01. The molecule has 2 saturated heterocycles. The molecule has 0 radical (unpaired) electrons. The zero-order chi connectivity index (χ0) is 16.6. The van der Waals surface area contributed by atoms with Gasteiger partial charge in [0.25, 0.3) is 0 Å². The van der Waals surface area contributed by atoms with E-state index in [1.54, 1.807) is 0 Å². The van der Waals surface area contributed by atoms with Crippen LogP contribution in [0.5, 0.6) is 0 Å². The molecule has 0 bridgehead atoms. The standard InChI is InChI=1S/C18H26N6/c1-15-13-16(21-22(15)2)14-23-11-6-18(7-12-23)5-3-10-24(18)17-19-8-4-9-20-17/h4,8-9,13H,3,5-7,10-12,14H2,1-2H3. The maximum absolute atomic E-state index is 4.60. The average Bonchev–Trinajstić information content (AvgIpc) is 3.14. The third-order valence-corrected chi connectivity index (χ3v) is 5.73. The monoisotopic (exact) mass is 326 g/mol. The van der Waals surface area contributed by atoms with Crippen molar-refractivity contribution in [1.29, 1.82) is 0 Å². The minimum atomic E-state index is 0.262. The Morgan fingerprint density at radius 1 is 1.08 bits per heavy atom. The van der Waals surface area contributed by atoms with Crippen LogP contribution in [-0.4, -0.2) is 49.8 Å². The summed E-state index contributed by atoms with van der Waals surface area (Å²) < 4.78 is 1.96. The molecular weight excluding hydrogens is 300 g/mol. The molecule has 0 amide bonds. The van der Waals surface area contributed by atoms with E-state index in [0.717, 1.165) is 32.1 Å². The lowest BCUT2D eigenvalue weighted by Gasteiger charge is -2.44. The van der Waals surface area contributed by atoms with Gasteiger partial charge in [-0.3, -0.25) is 9.58 Å². The Labute approximate surface area is 143 Å². The van der Waals surface area contributed by atoms with Crippen LogP contribution in [0.4, 0.5) is 5.95 Å². The van der Waals surface area contributed by atoms with Crippen molar-refractivity contribution in [3.63, 3.8) is 0 Å². The fourth-order valence-electron chi connectivity index (χ4n) is 4.27. The summed E-state index contributed by atoms with van der Waals surface area (Å²) in [5.74, 6) is 0.906. The van der Waals surface area contributed by atoms with Crippen molar-refractivity contribution in [2.75, 3.05) is 24.5 Å². The molecule has 6 nitrogen and oxygen atoms in total. The second kappa shape index (κ2) is 6.16. The lowest BCUT2D eigenvalue weighted by molar-refractivity contribution is 0.154. The molecule has 1 spiro atoms. The van der Waals surface area contributed by atoms with Crippen LogP contribution >= 0.6 is 0 Å². The minimum absolute atomic E-state index is 0.262. The fraction of sp³-hybridized carbons (Fsp3) is 0.611. The van der Waals surface area contributed by atoms with Gasteiger partial charge < -0.3 is 4.90 Å². The van der Waals surface area contributed by atoms with Gasteiger partial charge in [0, 0.05) is 56.9 Å². The summed E-state index contributed by atoms with van der Waals surface area (Å²) in [5.41, 5.74) is 2.67. The SMILES string of the molecule is Cc1cc(CN2CCC3(CCCN3c3ncccn3)CC2)nn1C. The highest BCUT2D eigenvalue weighted by molar-refractivity contribution is 5.37. The predicted molar refractivity (Wildman–Crippen MR) is 93.8 cm³/mol. The number of hydrogen-bond acceptors (Lipinski definition) is 5. The number of aromatic nitrogens is 4. The first-order chi connectivity index (χ1) is 11.7. The van der Waals surface area contributed by atoms with Gasteiger partial charge in [0.15, 0.2) is 0 Å². The Morgan fingerprint density at radius 2 is 1.83 bits per heavy atom. The molecule has 2 aromatic rings. The Hall–Kier alpha value is -1.95. The van der Waals surface area contributed by atoms with Crippen molar-refractivity contribution in [2.24, 2.45) is 7.05 Å². The van der Waals surface area contributed by atoms with E-state index in [1.165, 1.54) is 37.1 Å². The second-order valence-corrected chi connectivity index (χ2v) is 7.21. The number of likely N-dealkylation sites (tertiary alicyclic amines) is 1. The Balaban J connectivity index is 1.43. The van der Waals surface area contributed by atoms with Gasteiger partial charge in [-0.15, -0.1) is 0 Å². The van der Waals surface area contributed by atoms with E-state index in [9.17, 15) is 0 Å². The lowest BCUT2D eigenvalue weighted by atomic mass is 9.85. The molecule has 2 aliphatic heterocycles. The normalized spacial score (nSPS) is 20.8. The molecule has 0 atom stereocenters. The van der Waals surface area contributed by atoms with E-state index < -0.39 is 0 Å². The van der Waals surface area contributed by atoms with Crippen LogP contribution < -0.4 is 4.90 Å². The zero-order valence-electron chi connectivity index (χ0n) is 14.6. The molecule has 0 aliphatic carbocycles. The smallest absolute Gasteiger partial charge is 0.225 e. The summed E-state index contributed by atoms with van der Waals surface area (Å²) in [6.07, 6.45) is 8.60. The number of hydrogen-bond donors (Lipinski definition) is 0. The van der Waals surface area contributed by atoms with E-state index in [4.69, 9.17) is 0 Å². The molecule has 0 N–H and O–H groups in total. The summed E-state index contributed by atoms with van der Waals surface area (Å²) in [6, 6.07) is 4.09. The van der Waals surface area contributed by atoms with Crippen LogP contribution in [0.15, 0.2) is 24.5 Å². The van der Waals surface area contributed by atoms with Crippen molar-refractivity contribution in [1.82, 2.24) is 24.6 Å². The first-order valence-electron chi connectivity index (χ1n) is 8.93. The van der Waals surface area contributed by atoms with Crippen LogP contribution in [0.1, 0.15) is 37.1 Å². The molecule has 2 aliphatic rings. The summed E-state index contributed by atoms with van der Waals surface area (Å²) in [6.45, 7) is 6.40. The highest BCUT2D eigenvalue weighted by Gasteiger charge is 2.44. The topological polar surface area (TPSA) is 50.1 Å². The van der Waals surface area contributed by atoms with E-state index >= 15 is 0 Å². The van der Waals surface area contributed by atoms with Crippen molar-refractivity contribution in [3.8, 4) is 0 Å². The molecule has 2 fully saturated rings. The third-order valence-electron chi connectivity index (χ3n) is 5.73. The van der Waals surface area contributed by atoms with Gasteiger partial charge in [0.2, 0.25) is 5.95 Å². The van der Waals surface area contributed by atoms with Crippen molar-refractivity contribution in [3.05, 3.63) is 35.9 Å². The van der Waals surface area contributed by atoms with E-state index in [-0.39, 0.29) is 5.54 Å². The van der Waals surface area contributed by atoms with Gasteiger partial charge in [0.05, 0.1) is 5.69 Å². The highest BCUT2D eigenvalue weighted by atomic mass is 15.3. The van der Waals surface area contributed by atoms with Crippen LogP contribution in [0.2, 0.25) is 0 Å². The highest BCUT2D eigenvalue weighted by Crippen LogP contribution is 2.40. The number of aryl methyl sites for hydroxylation is 2. The summed E-state index contributed by atoms with van der Waals surface area (Å²) in [5, 5.41) is 4.60. The van der Waals surface area contributed by atoms with E-state index in [0.29, 0.717) is 0 Å². The maximum atomic E-state index is 4.60. The van der Waals surface area contributed by atoms with Crippen LogP contribution in [0.3, 0.4) is 0 Å². The van der Waals surface area contributed by atoms with E-state index in [2.05, 4.69) is 37.9 Å². The average molecular weight is 326 g/mol. The Kier molecular flexibility index (Phi) is 4.00. The molecule has 24 heavy (non-hydrogen) atoms. The Bertz CT molecular complexity index is 667. The van der Waals surface area contributed by atoms with Crippen molar-refractivity contribution in [2.45, 2.75) is 44.7 Å². The first kappa shape index (κ1) is 15.6. The molecule has 0 saturated carbocycles. The maximum Gasteiger partial charge on any atom is 0.225 e. The molecule has 6 heteroatoms. The second-order valence-electron chi connectivity index (χ2n) is 7.21. The first-order valence-corrected chi connectivity index (χ1v) is 8.93. The predicted octanol–water partition coefficient (Wildman–Crippen LogP) is 2.15. The zero-order valence-corrected chi connectivity index (χ0v) is 14.6. The summed E-state index contributed by atoms with van der Waals surface area (Å²) in [4.78, 5) is 14.0. The van der Waals surface area contributed by atoms with Gasteiger partial charge in [-0.1, -0.05) is 0 Å². The van der Waals surface area contributed by atoms with Crippen molar-refractivity contribution >= 4 is 5.95 Å².